The molecular weight excluding hydrogens is 160 g/mol. The minimum absolute atomic E-state index is 0.907. The molecule has 0 unspecified atom stereocenters. The third kappa shape index (κ3) is 1.28. The van der Waals surface area contributed by atoms with Crippen LogP contribution < -0.4 is 0 Å². The lowest BCUT2D eigenvalue weighted by Gasteiger charge is -2.07. The molecule has 0 amide bonds. The van der Waals surface area contributed by atoms with Gasteiger partial charge in [0.25, 0.3) is 0 Å². The van der Waals surface area contributed by atoms with Crippen LogP contribution in [0.25, 0.3) is 0 Å². The Morgan fingerprint density at radius 2 is 2.08 bits per heavy atom. The normalized spacial score (nSPS) is 14.2. The van der Waals surface area contributed by atoms with Crippen LogP contribution in [0.4, 0.5) is 0 Å². The van der Waals surface area contributed by atoms with Crippen LogP contribution in [0, 0.1) is 0 Å². The second-order valence-electron chi connectivity index (χ2n) is 3.60. The third-order valence-corrected chi connectivity index (χ3v) is 2.93. The summed E-state index contributed by atoms with van der Waals surface area (Å²) in [7, 11) is 0. The zero-order valence-corrected chi connectivity index (χ0v) is 7.97. The first-order valence-electron chi connectivity index (χ1n) is 4.95. The van der Waals surface area contributed by atoms with Gasteiger partial charge in [0.05, 0.1) is 0 Å². The number of carbonyl (C=O) groups is 1. The van der Waals surface area contributed by atoms with Crippen molar-refractivity contribution in [2.24, 2.45) is 0 Å². The van der Waals surface area contributed by atoms with Crippen LogP contribution >= 0.6 is 0 Å². The van der Waals surface area contributed by atoms with Crippen molar-refractivity contribution in [3.63, 3.8) is 0 Å². The molecule has 1 aliphatic rings. The molecule has 1 heteroatoms. The van der Waals surface area contributed by atoms with Crippen LogP contribution in [-0.2, 0) is 19.3 Å². The standard InChI is InChI=1S/C12H14O/c1-2-9-6-7-10(8-13)12-5-3-4-11(9)12/h6-8H,2-5H2,1H3. The molecule has 1 aliphatic carbocycles. The van der Waals surface area contributed by atoms with E-state index in [2.05, 4.69) is 13.0 Å². The molecule has 0 saturated carbocycles. The van der Waals surface area contributed by atoms with Gasteiger partial charge in [-0.25, -0.2) is 0 Å². The molecule has 0 aliphatic heterocycles. The van der Waals surface area contributed by atoms with E-state index >= 15 is 0 Å². The fourth-order valence-electron chi connectivity index (χ4n) is 2.25. The lowest BCUT2D eigenvalue weighted by atomic mass is 9.97. The van der Waals surface area contributed by atoms with E-state index in [0.29, 0.717) is 0 Å². The molecule has 68 valence electrons. The largest absolute Gasteiger partial charge is 0.298 e. The van der Waals surface area contributed by atoms with Gasteiger partial charge in [0, 0.05) is 5.56 Å². The number of benzene rings is 1. The summed E-state index contributed by atoms with van der Waals surface area (Å²) >= 11 is 0. The summed E-state index contributed by atoms with van der Waals surface area (Å²) < 4.78 is 0. The van der Waals surface area contributed by atoms with Gasteiger partial charge < -0.3 is 0 Å². The molecule has 0 aromatic heterocycles. The molecule has 0 saturated heterocycles. The molecule has 13 heavy (non-hydrogen) atoms. The predicted molar refractivity (Wildman–Crippen MR) is 53.2 cm³/mol. The summed E-state index contributed by atoms with van der Waals surface area (Å²) in [4.78, 5) is 10.8. The van der Waals surface area contributed by atoms with Crippen molar-refractivity contribution in [3.8, 4) is 0 Å². The van der Waals surface area contributed by atoms with E-state index < -0.39 is 0 Å². The molecule has 1 aromatic carbocycles. The molecule has 1 aromatic rings. The highest BCUT2D eigenvalue weighted by Gasteiger charge is 2.16. The Labute approximate surface area is 78.8 Å². The summed E-state index contributed by atoms with van der Waals surface area (Å²) in [6, 6.07) is 4.07. The highest BCUT2D eigenvalue weighted by molar-refractivity contribution is 5.78. The molecule has 0 N–H and O–H groups in total. The number of aldehydes is 1. The summed E-state index contributed by atoms with van der Waals surface area (Å²) in [6.07, 6.45) is 5.55. The maximum atomic E-state index is 10.8. The Hall–Kier alpha value is -1.11. The lowest BCUT2D eigenvalue weighted by molar-refractivity contribution is 0.112. The van der Waals surface area contributed by atoms with Crippen LogP contribution in [-0.4, -0.2) is 6.29 Å². The van der Waals surface area contributed by atoms with E-state index in [1.54, 1.807) is 0 Å². The summed E-state index contributed by atoms with van der Waals surface area (Å²) in [5.41, 5.74) is 5.10. The first-order chi connectivity index (χ1) is 6.36. The zero-order valence-electron chi connectivity index (χ0n) is 7.97. The molecule has 2 rings (SSSR count). The van der Waals surface area contributed by atoms with Gasteiger partial charge in [-0.3, -0.25) is 4.79 Å². The number of rotatable bonds is 2. The van der Waals surface area contributed by atoms with Crippen molar-refractivity contribution in [3.05, 3.63) is 34.4 Å². The Balaban J connectivity index is 2.58. The Morgan fingerprint density at radius 1 is 1.31 bits per heavy atom. The van der Waals surface area contributed by atoms with Crippen molar-refractivity contribution in [1.82, 2.24) is 0 Å². The van der Waals surface area contributed by atoms with Crippen LogP contribution in [0.5, 0.6) is 0 Å². The second kappa shape index (κ2) is 3.33. The van der Waals surface area contributed by atoms with Crippen molar-refractivity contribution in [1.29, 1.82) is 0 Å². The van der Waals surface area contributed by atoms with Crippen LogP contribution in [0.3, 0.4) is 0 Å². The second-order valence-corrected chi connectivity index (χ2v) is 3.60. The first kappa shape index (κ1) is 8.49. The molecule has 0 fully saturated rings. The summed E-state index contributed by atoms with van der Waals surface area (Å²) in [5.74, 6) is 0. The monoisotopic (exact) mass is 174 g/mol. The van der Waals surface area contributed by atoms with Crippen molar-refractivity contribution in [2.75, 3.05) is 0 Å². The van der Waals surface area contributed by atoms with Gasteiger partial charge >= 0.3 is 0 Å². The average molecular weight is 174 g/mol. The Bertz CT molecular complexity index is 339. The summed E-state index contributed by atoms with van der Waals surface area (Å²) in [6.45, 7) is 2.18. The van der Waals surface area contributed by atoms with Gasteiger partial charge in [-0.1, -0.05) is 19.1 Å². The average Bonchev–Trinajstić information content (AvgIpc) is 2.64. The Kier molecular flexibility index (Phi) is 2.17. The Morgan fingerprint density at radius 3 is 2.77 bits per heavy atom. The maximum absolute atomic E-state index is 10.8. The zero-order chi connectivity index (χ0) is 9.26. The smallest absolute Gasteiger partial charge is 0.150 e. The number of carbonyl (C=O) groups excluding carboxylic acids is 1. The van der Waals surface area contributed by atoms with Gasteiger partial charge in [0.15, 0.2) is 0 Å². The van der Waals surface area contributed by atoms with Gasteiger partial charge in [-0.15, -0.1) is 0 Å². The lowest BCUT2D eigenvalue weighted by Crippen LogP contribution is -1.96. The number of hydrogen-bond acceptors (Lipinski definition) is 1. The number of aryl methyl sites for hydroxylation is 1. The number of hydrogen-bond donors (Lipinski definition) is 0. The molecule has 1 nitrogen and oxygen atoms in total. The van der Waals surface area contributed by atoms with E-state index in [1.807, 2.05) is 6.07 Å². The van der Waals surface area contributed by atoms with Gasteiger partial charge in [-0.05, 0) is 42.4 Å². The van der Waals surface area contributed by atoms with Gasteiger partial charge in [-0.2, -0.15) is 0 Å². The van der Waals surface area contributed by atoms with E-state index in [-0.39, 0.29) is 0 Å². The molecule has 0 spiro atoms. The van der Waals surface area contributed by atoms with Crippen molar-refractivity contribution < 1.29 is 4.79 Å². The van der Waals surface area contributed by atoms with E-state index in [1.165, 1.54) is 29.5 Å². The SMILES string of the molecule is CCc1ccc(C=O)c2c1CCC2. The van der Waals surface area contributed by atoms with E-state index in [0.717, 1.165) is 24.7 Å². The predicted octanol–water partition coefficient (Wildman–Crippen LogP) is 2.55. The van der Waals surface area contributed by atoms with Crippen molar-refractivity contribution in [2.45, 2.75) is 32.6 Å². The highest BCUT2D eigenvalue weighted by atomic mass is 16.1. The molecule has 0 bridgehead atoms. The van der Waals surface area contributed by atoms with Gasteiger partial charge in [0.1, 0.15) is 6.29 Å². The van der Waals surface area contributed by atoms with E-state index in [9.17, 15) is 4.79 Å². The minimum atomic E-state index is 0.907. The topological polar surface area (TPSA) is 17.1 Å². The maximum Gasteiger partial charge on any atom is 0.150 e. The van der Waals surface area contributed by atoms with Crippen LogP contribution in [0.1, 0.15) is 40.4 Å². The fourth-order valence-corrected chi connectivity index (χ4v) is 2.25. The minimum Gasteiger partial charge on any atom is -0.298 e. The number of fused-ring (bicyclic) bond motifs is 1. The molecule has 0 heterocycles. The summed E-state index contributed by atoms with van der Waals surface area (Å²) in [5, 5.41) is 0. The quantitative estimate of drug-likeness (QED) is 0.630. The highest BCUT2D eigenvalue weighted by Crippen LogP contribution is 2.28. The van der Waals surface area contributed by atoms with Crippen LogP contribution in [0.15, 0.2) is 12.1 Å². The molecule has 0 atom stereocenters. The fraction of sp³-hybridized carbons (Fsp3) is 0.417. The third-order valence-electron chi connectivity index (χ3n) is 2.93. The molecule has 0 radical (unpaired) electrons. The first-order valence-corrected chi connectivity index (χ1v) is 4.95. The van der Waals surface area contributed by atoms with Gasteiger partial charge in [0.2, 0.25) is 0 Å². The van der Waals surface area contributed by atoms with Crippen LogP contribution in [0.2, 0.25) is 0 Å². The molecular formula is C12H14O. The van der Waals surface area contributed by atoms with Crippen molar-refractivity contribution >= 4 is 6.29 Å². The van der Waals surface area contributed by atoms with E-state index in [4.69, 9.17) is 0 Å².